The van der Waals surface area contributed by atoms with Gasteiger partial charge >= 0.3 is 0 Å². The number of hydrogen-bond donors (Lipinski definition) is 4. The summed E-state index contributed by atoms with van der Waals surface area (Å²) in [5.41, 5.74) is 11.7. The number of nitrogens with two attached hydrogens (primary N) is 1. The molecule has 2 fully saturated rings. The lowest BCUT2D eigenvalue weighted by atomic mass is 9.99. The fraction of sp³-hybridized carbons (Fsp3) is 0.316. The molecule has 1 amide bonds. The highest BCUT2D eigenvalue weighted by molar-refractivity contribution is 6.08. The Morgan fingerprint density at radius 3 is 2.45 bits per heavy atom. The van der Waals surface area contributed by atoms with Crippen LogP contribution >= 0.6 is 0 Å². The standard InChI is InChI=1S/C38H42N6O5/c1-25-2-4-28(5-3-25)34-22-44(21-26-10-12-47-13-11-26)23-35(36(34)45)38(46)43-31-8-6-27(7-9-31)33-16-29(19-42-37(33)40)30(17-39)18-41-20-32-24-48-14-15-49-32/h2-9,16-19,22-23,26,32,39,41H,10-15,20-21,24H2,1H3,(H2,40,42)(H,43,46)/b30-18+,39-17?/t32-/m0/s1. The Balaban J connectivity index is 1.20. The molecule has 0 aliphatic carbocycles. The van der Waals surface area contributed by atoms with Crippen LogP contribution in [0.1, 0.15) is 34.3 Å². The molecule has 0 radical (unpaired) electrons. The summed E-state index contributed by atoms with van der Waals surface area (Å²) < 4.78 is 18.6. The maximum absolute atomic E-state index is 13.7. The van der Waals surface area contributed by atoms with Gasteiger partial charge in [0.05, 0.1) is 25.9 Å². The van der Waals surface area contributed by atoms with Crippen molar-refractivity contribution < 1.29 is 19.0 Å². The number of aryl methyl sites for hydroxylation is 1. The van der Waals surface area contributed by atoms with Gasteiger partial charge in [-0.15, -0.1) is 0 Å². The van der Waals surface area contributed by atoms with Crippen LogP contribution in [0.25, 0.3) is 27.8 Å². The van der Waals surface area contributed by atoms with Crippen molar-refractivity contribution in [2.24, 2.45) is 5.92 Å². The number of benzene rings is 2. The van der Waals surface area contributed by atoms with Crippen molar-refractivity contribution in [1.82, 2.24) is 14.9 Å². The molecule has 2 aliphatic heterocycles. The van der Waals surface area contributed by atoms with Crippen LogP contribution in [0.2, 0.25) is 0 Å². The molecule has 1 atom stereocenters. The number of rotatable bonds is 11. The molecule has 4 heterocycles. The lowest BCUT2D eigenvalue weighted by Crippen LogP contribution is -2.35. The number of carbonyl (C=O) groups is 1. The summed E-state index contributed by atoms with van der Waals surface area (Å²) in [7, 11) is 0. The van der Waals surface area contributed by atoms with Gasteiger partial charge in [0.25, 0.3) is 5.91 Å². The minimum absolute atomic E-state index is 0.0497. The molecule has 0 bridgehead atoms. The maximum Gasteiger partial charge on any atom is 0.261 e. The highest BCUT2D eigenvalue weighted by Crippen LogP contribution is 2.29. The minimum atomic E-state index is -0.478. The van der Waals surface area contributed by atoms with Crippen molar-refractivity contribution in [1.29, 1.82) is 5.41 Å². The van der Waals surface area contributed by atoms with Crippen molar-refractivity contribution in [3.05, 3.63) is 106 Å². The van der Waals surface area contributed by atoms with Gasteiger partial charge in [0.15, 0.2) is 0 Å². The molecule has 2 aromatic heterocycles. The van der Waals surface area contributed by atoms with E-state index in [2.05, 4.69) is 15.6 Å². The summed E-state index contributed by atoms with van der Waals surface area (Å²) in [6, 6.07) is 16.9. The summed E-state index contributed by atoms with van der Waals surface area (Å²) in [6.45, 7) is 6.38. The number of ether oxygens (including phenoxy) is 3. The van der Waals surface area contributed by atoms with Gasteiger partial charge in [-0.25, -0.2) is 4.98 Å². The molecule has 254 valence electrons. The summed E-state index contributed by atoms with van der Waals surface area (Å²) >= 11 is 0. The van der Waals surface area contributed by atoms with Gasteiger partial charge in [0, 0.05) is 85.3 Å². The van der Waals surface area contributed by atoms with E-state index in [9.17, 15) is 9.59 Å². The van der Waals surface area contributed by atoms with E-state index in [1.165, 1.54) is 6.21 Å². The lowest BCUT2D eigenvalue weighted by molar-refractivity contribution is -0.0853. The number of amides is 1. The third kappa shape index (κ3) is 8.50. The van der Waals surface area contributed by atoms with Crippen molar-refractivity contribution in [3.63, 3.8) is 0 Å². The first-order valence-electron chi connectivity index (χ1n) is 16.6. The van der Waals surface area contributed by atoms with Gasteiger partial charge < -0.3 is 40.6 Å². The van der Waals surface area contributed by atoms with Crippen LogP contribution < -0.4 is 21.8 Å². The quantitative estimate of drug-likeness (QED) is 0.161. The average Bonchev–Trinajstić information content (AvgIpc) is 3.13. The SMILES string of the molecule is Cc1ccc(-c2cn(CC3CCOCC3)cc(C(=O)Nc3ccc(-c4cc(/C(C=N)=C/NC[C@H]5COCCO5)cnc4N)cc3)c2=O)cc1. The smallest absolute Gasteiger partial charge is 0.261 e. The van der Waals surface area contributed by atoms with E-state index in [0.717, 1.165) is 48.3 Å². The number of nitrogen functional groups attached to an aromatic ring is 1. The Labute approximate surface area is 285 Å². The number of anilines is 2. The second-order valence-corrected chi connectivity index (χ2v) is 12.4. The zero-order chi connectivity index (χ0) is 34.2. The first kappa shape index (κ1) is 33.8. The highest BCUT2D eigenvalue weighted by atomic mass is 16.6. The van der Waals surface area contributed by atoms with E-state index in [1.807, 2.05) is 60.2 Å². The highest BCUT2D eigenvalue weighted by Gasteiger charge is 2.20. The summed E-state index contributed by atoms with van der Waals surface area (Å²) in [4.78, 5) is 31.7. The van der Waals surface area contributed by atoms with Crippen LogP contribution in [0.15, 0.2) is 84.2 Å². The first-order chi connectivity index (χ1) is 23.9. The molecular formula is C38H42N6O5. The molecule has 0 spiro atoms. The molecule has 0 saturated carbocycles. The van der Waals surface area contributed by atoms with Crippen LogP contribution in [0.4, 0.5) is 11.5 Å². The number of nitrogens with one attached hydrogen (secondary N) is 3. The predicted molar refractivity (Wildman–Crippen MR) is 192 cm³/mol. The molecule has 5 N–H and O–H groups in total. The first-order valence-corrected chi connectivity index (χ1v) is 16.6. The van der Waals surface area contributed by atoms with E-state index in [1.54, 1.807) is 30.7 Å². The molecule has 4 aromatic rings. The number of allylic oxidation sites excluding steroid dienone is 1. The Hall–Kier alpha value is -5.10. The molecular weight excluding hydrogens is 620 g/mol. The number of aromatic nitrogens is 2. The average molecular weight is 663 g/mol. The summed E-state index contributed by atoms with van der Waals surface area (Å²) in [6.07, 6.45) is 9.98. The van der Waals surface area contributed by atoms with E-state index in [4.69, 9.17) is 25.4 Å². The Bertz CT molecular complexity index is 1860. The lowest BCUT2D eigenvalue weighted by Gasteiger charge is -2.23. The van der Waals surface area contributed by atoms with Crippen LogP contribution in [0, 0.1) is 18.3 Å². The van der Waals surface area contributed by atoms with E-state index in [-0.39, 0.29) is 17.1 Å². The zero-order valence-corrected chi connectivity index (χ0v) is 27.6. The number of carbonyl (C=O) groups excluding carboxylic acids is 1. The van der Waals surface area contributed by atoms with Crippen LogP contribution in [0.5, 0.6) is 0 Å². The number of pyridine rings is 2. The van der Waals surface area contributed by atoms with Crippen LogP contribution in [0.3, 0.4) is 0 Å². The Kier molecular flexibility index (Phi) is 10.9. The molecule has 11 heteroatoms. The van der Waals surface area contributed by atoms with Crippen molar-refractivity contribution >= 4 is 29.2 Å². The van der Waals surface area contributed by atoms with Gasteiger partial charge in [-0.05, 0) is 55.0 Å². The van der Waals surface area contributed by atoms with Gasteiger partial charge in [-0.1, -0.05) is 42.0 Å². The normalized spacial score (nSPS) is 17.0. The second-order valence-electron chi connectivity index (χ2n) is 12.4. The van der Waals surface area contributed by atoms with Gasteiger partial charge in [-0.2, -0.15) is 0 Å². The zero-order valence-electron chi connectivity index (χ0n) is 27.6. The van der Waals surface area contributed by atoms with E-state index >= 15 is 0 Å². The summed E-state index contributed by atoms with van der Waals surface area (Å²) in [5, 5.41) is 14.1. The minimum Gasteiger partial charge on any atom is -0.388 e. The molecule has 2 aromatic carbocycles. The number of hydrogen-bond acceptors (Lipinski definition) is 9. The second kappa shape index (κ2) is 15.9. The number of nitrogens with zero attached hydrogens (tertiary/aromatic N) is 2. The monoisotopic (exact) mass is 662 g/mol. The maximum atomic E-state index is 13.7. The van der Waals surface area contributed by atoms with Gasteiger partial charge in [-0.3, -0.25) is 9.59 Å². The fourth-order valence-electron chi connectivity index (χ4n) is 6.02. The molecule has 2 saturated heterocycles. The third-order valence-corrected chi connectivity index (χ3v) is 8.85. The molecule has 0 unspecified atom stereocenters. The Morgan fingerprint density at radius 1 is 1.00 bits per heavy atom. The largest absolute Gasteiger partial charge is 0.388 e. The van der Waals surface area contributed by atoms with Crippen LogP contribution in [-0.4, -0.2) is 67.4 Å². The topological polar surface area (TPSA) is 154 Å². The molecule has 6 rings (SSSR count). The Morgan fingerprint density at radius 2 is 1.73 bits per heavy atom. The van der Waals surface area contributed by atoms with Crippen molar-refractivity contribution in [2.45, 2.75) is 32.4 Å². The molecule has 49 heavy (non-hydrogen) atoms. The van der Waals surface area contributed by atoms with E-state index in [0.29, 0.717) is 67.0 Å². The van der Waals surface area contributed by atoms with Crippen LogP contribution in [-0.2, 0) is 20.8 Å². The predicted octanol–water partition coefficient (Wildman–Crippen LogP) is 5.14. The molecule has 2 aliphatic rings. The van der Waals surface area contributed by atoms with E-state index < -0.39 is 5.91 Å². The summed E-state index contributed by atoms with van der Waals surface area (Å²) in [5.74, 6) is 0.261. The van der Waals surface area contributed by atoms with Crippen molar-refractivity contribution in [2.75, 3.05) is 50.6 Å². The third-order valence-electron chi connectivity index (χ3n) is 8.85. The fourth-order valence-corrected chi connectivity index (χ4v) is 6.02. The van der Waals surface area contributed by atoms with Gasteiger partial charge in [0.1, 0.15) is 11.4 Å². The molecule has 11 nitrogen and oxygen atoms in total. The van der Waals surface area contributed by atoms with Crippen molar-refractivity contribution in [3.8, 4) is 22.3 Å². The van der Waals surface area contributed by atoms with Gasteiger partial charge in [0.2, 0.25) is 5.43 Å².